The Bertz CT molecular complexity index is 1270. The van der Waals surface area contributed by atoms with Gasteiger partial charge >= 0.3 is 0 Å². The van der Waals surface area contributed by atoms with Crippen LogP contribution in [0.4, 0.5) is 38.8 Å². The van der Waals surface area contributed by atoms with E-state index in [1.807, 2.05) is 12.1 Å². The molecular formula is C25H27ClFN7O2. The molecule has 3 aromatic rings. The zero-order valence-corrected chi connectivity index (χ0v) is 20.8. The molecule has 2 aromatic carbocycles. The van der Waals surface area contributed by atoms with Crippen molar-refractivity contribution < 1.29 is 13.9 Å². The van der Waals surface area contributed by atoms with E-state index in [0.717, 1.165) is 31.9 Å². The molecule has 36 heavy (non-hydrogen) atoms. The molecule has 3 N–H and O–H groups in total. The molecule has 0 aliphatic carbocycles. The van der Waals surface area contributed by atoms with Gasteiger partial charge in [-0.2, -0.15) is 0 Å². The third-order valence-corrected chi connectivity index (χ3v) is 6.02. The number of nitrogens with zero attached hydrogens (tertiary/aromatic N) is 4. The molecule has 9 nitrogen and oxygen atoms in total. The van der Waals surface area contributed by atoms with E-state index >= 15 is 0 Å². The number of piperazine rings is 1. The molecule has 0 atom stereocenters. The number of carbonyl (C=O) groups excluding carboxylic acids is 1. The zero-order valence-electron chi connectivity index (χ0n) is 20.0. The molecule has 11 heteroatoms. The van der Waals surface area contributed by atoms with Crippen LogP contribution in [0.5, 0.6) is 5.75 Å². The van der Waals surface area contributed by atoms with Crippen molar-refractivity contribution >= 4 is 51.9 Å². The Balaban J connectivity index is 1.62. The molecule has 4 rings (SSSR count). The van der Waals surface area contributed by atoms with Crippen LogP contribution in [0.25, 0.3) is 0 Å². The molecule has 0 unspecified atom stereocenters. The molecule has 0 spiro atoms. The second-order valence-corrected chi connectivity index (χ2v) is 8.63. The lowest BCUT2D eigenvalue weighted by Gasteiger charge is -2.35. The summed E-state index contributed by atoms with van der Waals surface area (Å²) in [6.45, 7) is 7.02. The van der Waals surface area contributed by atoms with Crippen molar-refractivity contribution in [3.8, 4) is 5.75 Å². The highest BCUT2D eigenvalue weighted by Gasteiger charge is 2.21. The minimum Gasteiger partial charge on any atom is -0.494 e. The lowest BCUT2D eigenvalue weighted by atomic mass is 10.1. The average molecular weight is 512 g/mol. The predicted molar refractivity (Wildman–Crippen MR) is 142 cm³/mol. The van der Waals surface area contributed by atoms with Crippen molar-refractivity contribution in [2.75, 3.05) is 61.2 Å². The van der Waals surface area contributed by atoms with Crippen LogP contribution in [-0.4, -0.2) is 61.1 Å². The van der Waals surface area contributed by atoms with E-state index in [2.05, 4.69) is 49.3 Å². The highest BCUT2D eigenvalue weighted by atomic mass is 35.5. The quantitative estimate of drug-likeness (QED) is 0.376. The van der Waals surface area contributed by atoms with Crippen molar-refractivity contribution in [3.05, 3.63) is 66.2 Å². The molecule has 0 bridgehead atoms. The van der Waals surface area contributed by atoms with Crippen LogP contribution in [0.3, 0.4) is 0 Å². The molecular weight excluding hydrogens is 485 g/mol. The van der Waals surface area contributed by atoms with Crippen molar-refractivity contribution in [2.24, 2.45) is 0 Å². The number of rotatable bonds is 8. The van der Waals surface area contributed by atoms with E-state index in [-0.39, 0.29) is 10.9 Å². The fraction of sp³-hybridized carbons (Fsp3) is 0.240. The van der Waals surface area contributed by atoms with Crippen LogP contribution in [0.1, 0.15) is 0 Å². The first kappa shape index (κ1) is 25.2. The maximum Gasteiger partial charge on any atom is 0.247 e. The van der Waals surface area contributed by atoms with Crippen molar-refractivity contribution in [3.63, 3.8) is 0 Å². The van der Waals surface area contributed by atoms with Gasteiger partial charge in [-0.25, -0.2) is 14.4 Å². The Kier molecular flexibility index (Phi) is 7.87. The summed E-state index contributed by atoms with van der Waals surface area (Å²) < 4.78 is 19.1. The van der Waals surface area contributed by atoms with Gasteiger partial charge in [-0.15, -0.1) is 0 Å². The minimum atomic E-state index is -0.501. The fourth-order valence-corrected chi connectivity index (χ4v) is 3.96. The number of anilines is 6. The standard InChI is InChI=1S/C25H27ClFN7O2/c1-4-25(35)32-19-12-20(22(36-3)13-21(19)34-9-7-33(2)8-10-34)31-24-14-23(28-15-29-24)30-16-5-6-18(27)17(26)11-16/h4-6,11-15H,1,7-10H2,2-3H3,(H,32,35)(H2,28,29,30,31). The molecule has 1 saturated heterocycles. The minimum absolute atomic E-state index is 0.00619. The smallest absolute Gasteiger partial charge is 0.247 e. The van der Waals surface area contributed by atoms with Crippen LogP contribution < -0.4 is 25.6 Å². The maximum atomic E-state index is 13.5. The van der Waals surface area contributed by atoms with Gasteiger partial charge in [0.25, 0.3) is 0 Å². The van der Waals surface area contributed by atoms with Crippen LogP contribution in [0.2, 0.25) is 5.02 Å². The number of hydrogen-bond donors (Lipinski definition) is 3. The van der Waals surface area contributed by atoms with Gasteiger partial charge in [0, 0.05) is 44.0 Å². The lowest BCUT2D eigenvalue weighted by molar-refractivity contribution is -0.111. The predicted octanol–water partition coefficient (Wildman–Crippen LogP) is 4.64. The summed E-state index contributed by atoms with van der Waals surface area (Å²) in [5.74, 6) is 0.724. The van der Waals surface area contributed by atoms with E-state index in [1.54, 1.807) is 19.2 Å². The van der Waals surface area contributed by atoms with Gasteiger partial charge in [0.15, 0.2) is 0 Å². The summed E-state index contributed by atoms with van der Waals surface area (Å²) in [5, 5.41) is 9.22. The van der Waals surface area contributed by atoms with Gasteiger partial charge in [-0.05, 0) is 37.4 Å². The molecule has 1 aliphatic rings. The summed E-state index contributed by atoms with van der Waals surface area (Å²) in [5.41, 5.74) is 2.67. The van der Waals surface area contributed by atoms with Crippen molar-refractivity contribution in [2.45, 2.75) is 0 Å². The van der Waals surface area contributed by atoms with Gasteiger partial charge in [-0.1, -0.05) is 18.2 Å². The second-order valence-electron chi connectivity index (χ2n) is 8.22. The van der Waals surface area contributed by atoms with Gasteiger partial charge in [0.2, 0.25) is 5.91 Å². The van der Waals surface area contributed by atoms with E-state index < -0.39 is 5.82 Å². The summed E-state index contributed by atoms with van der Waals surface area (Å²) in [7, 11) is 3.67. The molecule has 1 aromatic heterocycles. The van der Waals surface area contributed by atoms with E-state index in [1.165, 1.54) is 24.5 Å². The molecule has 188 valence electrons. The largest absolute Gasteiger partial charge is 0.494 e. The third kappa shape index (κ3) is 6.02. The summed E-state index contributed by atoms with van der Waals surface area (Å²) in [6, 6.07) is 9.70. The molecule has 1 fully saturated rings. The van der Waals surface area contributed by atoms with E-state index in [9.17, 15) is 9.18 Å². The van der Waals surface area contributed by atoms with Gasteiger partial charge in [-0.3, -0.25) is 4.79 Å². The molecule has 0 radical (unpaired) electrons. The number of amides is 1. The second kappa shape index (κ2) is 11.2. The first-order valence-electron chi connectivity index (χ1n) is 11.3. The number of benzene rings is 2. The van der Waals surface area contributed by atoms with Gasteiger partial charge < -0.3 is 30.5 Å². The first-order chi connectivity index (χ1) is 17.4. The van der Waals surface area contributed by atoms with Crippen LogP contribution in [0, 0.1) is 5.82 Å². The highest BCUT2D eigenvalue weighted by Crippen LogP contribution is 2.39. The topological polar surface area (TPSA) is 94.7 Å². The number of halogens is 2. The number of nitrogens with one attached hydrogen (secondary N) is 3. The van der Waals surface area contributed by atoms with Gasteiger partial charge in [0.1, 0.15) is 29.5 Å². The number of likely N-dealkylation sites (N-methyl/N-ethyl adjacent to an activating group) is 1. The Morgan fingerprint density at radius 1 is 1.08 bits per heavy atom. The first-order valence-corrected chi connectivity index (χ1v) is 11.6. The molecule has 0 saturated carbocycles. The Hall–Kier alpha value is -3.89. The highest BCUT2D eigenvalue weighted by molar-refractivity contribution is 6.31. The third-order valence-electron chi connectivity index (χ3n) is 5.73. The van der Waals surface area contributed by atoms with Crippen LogP contribution >= 0.6 is 11.6 Å². The van der Waals surface area contributed by atoms with E-state index in [0.29, 0.717) is 34.4 Å². The normalized spacial score (nSPS) is 13.7. The number of aromatic nitrogens is 2. The van der Waals surface area contributed by atoms with E-state index in [4.69, 9.17) is 16.3 Å². The summed E-state index contributed by atoms with van der Waals surface area (Å²) in [6.07, 6.45) is 2.62. The fourth-order valence-electron chi connectivity index (χ4n) is 3.78. The van der Waals surface area contributed by atoms with Crippen molar-refractivity contribution in [1.82, 2.24) is 14.9 Å². The van der Waals surface area contributed by atoms with Crippen LogP contribution in [0.15, 0.2) is 55.4 Å². The monoisotopic (exact) mass is 511 g/mol. The van der Waals surface area contributed by atoms with Crippen LogP contribution in [-0.2, 0) is 4.79 Å². The zero-order chi connectivity index (χ0) is 25.7. The Morgan fingerprint density at radius 2 is 1.81 bits per heavy atom. The number of methoxy groups -OCH3 is 1. The molecule has 2 heterocycles. The lowest BCUT2D eigenvalue weighted by Crippen LogP contribution is -2.44. The summed E-state index contributed by atoms with van der Waals surface area (Å²) >= 11 is 5.87. The molecule has 1 amide bonds. The van der Waals surface area contributed by atoms with Crippen molar-refractivity contribution in [1.29, 1.82) is 0 Å². The number of ether oxygens (including phenoxy) is 1. The molecule has 1 aliphatic heterocycles. The van der Waals surface area contributed by atoms with Gasteiger partial charge in [0.05, 0.1) is 29.2 Å². The maximum absolute atomic E-state index is 13.5. The summed E-state index contributed by atoms with van der Waals surface area (Å²) in [4.78, 5) is 25.2. The number of carbonyl (C=O) groups is 1. The SMILES string of the molecule is C=CC(=O)Nc1cc(Nc2cc(Nc3ccc(F)c(Cl)c3)ncn2)c(OC)cc1N1CCN(C)CC1. The Labute approximate surface area is 213 Å². The average Bonchev–Trinajstić information content (AvgIpc) is 2.87. The number of hydrogen-bond acceptors (Lipinski definition) is 8. The Morgan fingerprint density at radius 3 is 2.47 bits per heavy atom.